The van der Waals surface area contributed by atoms with Crippen LogP contribution >= 0.6 is 11.6 Å². The molecule has 2 fully saturated rings. The van der Waals surface area contributed by atoms with Crippen molar-refractivity contribution in [2.75, 3.05) is 19.6 Å². The Kier molecular flexibility index (Phi) is 5.24. The number of nitrogens with zero attached hydrogens (tertiary/aromatic N) is 2. The number of amides is 2. The van der Waals surface area contributed by atoms with Crippen LogP contribution in [0.25, 0.3) is 0 Å². The summed E-state index contributed by atoms with van der Waals surface area (Å²) in [7, 11) is 0. The highest BCUT2D eigenvalue weighted by Crippen LogP contribution is 2.21. The maximum Gasteiger partial charge on any atom is 0.246 e. The lowest BCUT2D eigenvalue weighted by Gasteiger charge is -2.45. The highest BCUT2D eigenvalue weighted by atomic mass is 35.5. The zero-order chi connectivity index (χ0) is 19.7. The maximum absolute atomic E-state index is 12.9. The SMILES string of the molecule is O=C1N[C@@H](Cc2ccc(O)cc2)C(=O)N2CCN(Cc3ccc(Cl)cc3)C[C@H]12. The standard InChI is InChI=1S/C21H22ClN3O3/c22-16-5-1-15(2-6-16)12-24-9-10-25-19(13-24)20(27)23-18(21(25)28)11-14-3-7-17(26)8-4-14/h1-8,18-19,26H,9-13H2,(H,23,27)/t18-,19+/m0/s1. The molecule has 4 rings (SSSR count). The topological polar surface area (TPSA) is 72.9 Å². The van der Waals surface area contributed by atoms with Crippen LogP contribution in [-0.4, -0.2) is 58.4 Å². The van der Waals surface area contributed by atoms with Gasteiger partial charge in [0.25, 0.3) is 0 Å². The number of phenolic OH excluding ortho intramolecular Hbond substituents is 1. The van der Waals surface area contributed by atoms with E-state index in [2.05, 4.69) is 10.2 Å². The number of aromatic hydroxyl groups is 1. The number of rotatable bonds is 4. The highest BCUT2D eigenvalue weighted by molar-refractivity contribution is 6.30. The lowest BCUT2D eigenvalue weighted by atomic mass is 9.98. The fraction of sp³-hybridized carbons (Fsp3) is 0.333. The average Bonchev–Trinajstić information content (AvgIpc) is 2.69. The van der Waals surface area contributed by atoms with Crippen molar-refractivity contribution in [2.24, 2.45) is 0 Å². The van der Waals surface area contributed by atoms with Gasteiger partial charge in [-0.3, -0.25) is 14.5 Å². The zero-order valence-corrected chi connectivity index (χ0v) is 16.1. The summed E-state index contributed by atoms with van der Waals surface area (Å²) in [5.74, 6) is 0.0348. The number of phenols is 1. The van der Waals surface area contributed by atoms with Gasteiger partial charge in [-0.1, -0.05) is 35.9 Å². The van der Waals surface area contributed by atoms with Crippen LogP contribution in [-0.2, 0) is 22.6 Å². The van der Waals surface area contributed by atoms with Crippen LogP contribution in [0.5, 0.6) is 5.75 Å². The Morgan fingerprint density at radius 1 is 1.00 bits per heavy atom. The smallest absolute Gasteiger partial charge is 0.246 e. The Hall–Kier alpha value is -2.57. The molecule has 0 radical (unpaired) electrons. The van der Waals surface area contributed by atoms with E-state index in [1.165, 1.54) is 0 Å². The minimum Gasteiger partial charge on any atom is -0.508 e. The molecule has 0 saturated carbocycles. The van der Waals surface area contributed by atoms with E-state index < -0.39 is 12.1 Å². The summed E-state index contributed by atoms with van der Waals surface area (Å²) in [6, 6.07) is 13.4. The number of carbonyl (C=O) groups excluding carboxylic acids is 2. The quantitative estimate of drug-likeness (QED) is 0.822. The molecule has 2 atom stereocenters. The Morgan fingerprint density at radius 3 is 2.39 bits per heavy atom. The second-order valence-electron chi connectivity index (χ2n) is 7.34. The molecule has 0 unspecified atom stereocenters. The van der Waals surface area contributed by atoms with Crippen molar-refractivity contribution in [1.82, 2.24) is 15.1 Å². The van der Waals surface area contributed by atoms with E-state index in [0.717, 1.165) is 24.2 Å². The van der Waals surface area contributed by atoms with E-state index in [1.807, 2.05) is 24.3 Å². The Bertz CT molecular complexity index is 869. The van der Waals surface area contributed by atoms with Gasteiger partial charge in [-0.15, -0.1) is 0 Å². The lowest BCUT2D eigenvalue weighted by Crippen LogP contribution is -2.69. The predicted octanol–water partition coefficient (Wildman–Crippen LogP) is 1.80. The van der Waals surface area contributed by atoms with Gasteiger partial charge in [-0.05, 0) is 35.4 Å². The summed E-state index contributed by atoms with van der Waals surface area (Å²) in [5.41, 5.74) is 2.03. The first-order valence-corrected chi connectivity index (χ1v) is 9.73. The number of benzene rings is 2. The van der Waals surface area contributed by atoms with Crippen molar-refractivity contribution in [1.29, 1.82) is 0 Å². The number of nitrogens with one attached hydrogen (secondary N) is 1. The van der Waals surface area contributed by atoms with Crippen LogP contribution in [0.3, 0.4) is 0 Å². The van der Waals surface area contributed by atoms with Crippen molar-refractivity contribution >= 4 is 23.4 Å². The largest absolute Gasteiger partial charge is 0.508 e. The van der Waals surface area contributed by atoms with Crippen LogP contribution in [0.15, 0.2) is 48.5 Å². The fourth-order valence-corrected chi connectivity index (χ4v) is 3.98. The van der Waals surface area contributed by atoms with E-state index in [4.69, 9.17) is 11.6 Å². The number of piperazine rings is 2. The van der Waals surface area contributed by atoms with Crippen molar-refractivity contribution < 1.29 is 14.7 Å². The van der Waals surface area contributed by atoms with Crippen LogP contribution < -0.4 is 5.32 Å². The molecule has 2 heterocycles. The van der Waals surface area contributed by atoms with Gasteiger partial charge < -0.3 is 15.3 Å². The van der Waals surface area contributed by atoms with E-state index in [9.17, 15) is 14.7 Å². The molecule has 2 amide bonds. The first-order chi connectivity index (χ1) is 13.5. The minimum absolute atomic E-state index is 0.0381. The van der Waals surface area contributed by atoms with Gasteiger partial charge in [0.1, 0.15) is 17.8 Å². The third kappa shape index (κ3) is 3.98. The van der Waals surface area contributed by atoms with Crippen LogP contribution in [0.2, 0.25) is 5.02 Å². The van der Waals surface area contributed by atoms with Gasteiger partial charge in [0, 0.05) is 37.6 Å². The summed E-state index contributed by atoms with van der Waals surface area (Å²) < 4.78 is 0. The number of fused-ring (bicyclic) bond motifs is 1. The number of hydrogen-bond acceptors (Lipinski definition) is 4. The molecule has 2 N–H and O–H groups in total. The molecule has 28 heavy (non-hydrogen) atoms. The summed E-state index contributed by atoms with van der Waals surface area (Å²) >= 11 is 5.94. The van der Waals surface area contributed by atoms with Crippen LogP contribution in [0, 0.1) is 0 Å². The minimum atomic E-state index is -0.559. The van der Waals surface area contributed by atoms with Crippen molar-refractivity contribution in [2.45, 2.75) is 25.0 Å². The molecule has 0 bridgehead atoms. The highest BCUT2D eigenvalue weighted by Gasteiger charge is 2.43. The second kappa shape index (κ2) is 7.81. The maximum atomic E-state index is 12.9. The zero-order valence-electron chi connectivity index (χ0n) is 15.3. The molecule has 2 aliphatic rings. The number of carbonyl (C=O) groups is 2. The molecule has 2 aromatic rings. The van der Waals surface area contributed by atoms with E-state index >= 15 is 0 Å². The predicted molar refractivity (Wildman–Crippen MR) is 106 cm³/mol. The number of halogens is 1. The summed E-state index contributed by atoms with van der Waals surface area (Å²) in [6.45, 7) is 2.51. The Labute approximate surface area is 168 Å². The van der Waals surface area contributed by atoms with Crippen LogP contribution in [0.1, 0.15) is 11.1 Å². The third-order valence-electron chi connectivity index (χ3n) is 5.36. The summed E-state index contributed by atoms with van der Waals surface area (Å²) in [4.78, 5) is 29.5. The molecule has 146 valence electrons. The molecule has 2 aromatic carbocycles. The van der Waals surface area contributed by atoms with Crippen molar-refractivity contribution in [3.8, 4) is 5.75 Å². The van der Waals surface area contributed by atoms with E-state index in [-0.39, 0.29) is 17.6 Å². The van der Waals surface area contributed by atoms with Gasteiger partial charge >= 0.3 is 0 Å². The first-order valence-electron chi connectivity index (χ1n) is 9.35. The lowest BCUT2D eigenvalue weighted by molar-refractivity contribution is -0.153. The Balaban J connectivity index is 1.41. The fourth-order valence-electron chi connectivity index (χ4n) is 3.86. The molecular formula is C21H22ClN3O3. The normalized spacial score (nSPS) is 22.7. The molecule has 0 aromatic heterocycles. The molecule has 6 nitrogen and oxygen atoms in total. The second-order valence-corrected chi connectivity index (χ2v) is 7.78. The van der Waals surface area contributed by atoms with Gasteiger partial charge in [0.2, 0.25) is 11.8 Å². The Morgan fingerprint density at radius 2 is 1.68 bits per heavy atom. The van der Waals surface area contributed by atoms with Crippen LogP contribution in [0.4, 0.5) is 0 Å². The average molecular weight is 400 g/mol. The first kappa shape index (κ1) is 18.8. The molecule has 0 aliphatic carbocycles. The summed E-state index contributed by atoms with van der Waals surface area (Å²) in [5, 5.41) is 13.0. The summed E-state index contributed by atoms with van der Waals surface area (Å²) in [6.07, 6.45) is 0.419. The molecule has 2 aliphatic heterocycles. The van der Waals surface area contributed by atoms with Gasteiger partial charge in [-0.2, -0.15) is 0 Å². The molecular weight excluding hydrogens is 378 g/mol. The van der Waals surface area contributed by atoms with Gasteiger partial charge in [0.05, 0.1) is 0 Å². The van der Waals surface area contributed by atoms with E-state index in [1.54, 1.807) is 29.2 Å². The van der Waals surface area contributed by atoms with Crippen molar-refractivity contribution in [3.63, 3.8) is 0 Å². The molecule has 7 heteroatoms. The number of hydrogen-bond donors (Lipinski definition) is 2. The van der Waals surface area contributed by atoms with Crippen molar-refractivity contribution in [3.05, 3.63) is 64.7 Å². The monoisotopic (exact) mass is 399 g/mol. The molecule has 0 spiro atoms. The van der Waals surface area contributed by atoms with E-state index in [0.29, 0.717) is 24.5 Å². The van der Waals surface area contributed by atoms with Gasteiger partial charge in [-0.25, -0.2) is 0 Å². The third-order valence-corrected chi connectivity index (χ3v) is 5.61. The van der Waals surface area contributed by atoms with Gasteiger partial charge in [0.15, 0.2) is 0 Å². The molecule has 2 saturated heterocycles.